The van der Waals surface area contributed by atoms with Crippen LogP contribution in [0.15, 0.2) is 48.5 Å². The Morgan fingerprint density at radius 3 is 2.35 bits per heavy atom. The largest absolute Gasteiger partial charge is 0.497 e. The summed E-state index contributed by atoms with van der Waals surface area (Å²) in [7, 11) is 1.54. The number of benzene rings is 2. The molecule has 1 amide bonds. The van der Waals surface area contributed by atoms with Crippen molar-refractivity contribution in [2.24, 2.45) is 0 Å². The van der Waals surface area contributed by atoms with Crippen molar-refractivity contribution >= 4 is 17.8 Å². The zero-order valence-electron chi connectivity index (χ0n) is 14.4. The van der Waals surface area contributed by atoms with Gasteiger partial charge in [0.15, 0.2) is 0 Å². The predicted octanol–water partition coefficient (Wildman–Crippen LogP) is 2.05. The molecule has 0 aliphatic heterocycles. The molecule has 2 aromatic carbocycles. The van der Waals surface area contributed by atoms with Crippen molar-refractivity contribution in [2.45, 2.75) is 19.4 Å². The number of ether oxygens (including phenoxy) is 2. The van der Waals surface area contributed by atoms with Gasteiger partial charge in [-0.2, -0.15) is 0 Å². The van der Waals surface area contributed by atoms with Crippen LogP contribution in [0.4, 0.5) is 0 Å². The summed E-state index contributed by atoms with van der Waals surface area (Å²) in [4.78, 5) is 34.9. The van der Waals surface area contributed by atoms with E-state index >= 15 is 0 Å². The molecule has 2 aromatic rings. The number of carboxylic acids is 1. The van der Waals surface area contributed by atoms with Gasteiger partial charge in [-0.05, 0) is 35.9 Å². The summed E-state index contributed by atoms with van der Waals surface area (Å²) in [5.41, 5.74) is 0.942. The number of hydrogen-bond acceptors (Lipinski definition) is 5. The molecule has 0 aromatic heterocycles. The lowest BCUT2D eigenvalue weighted by Gasteiger charge is -2.15. The third-order valence-corrected chi connectivity index (χ3v) is 3.56. The van der Waals surface area contributed by atoms with Crippen LogP contribution in [-0.4, -0.2) is 36.1 Å². The van der Waals surface area contributed by atoms with E-state index in [0.717, 1.165) is 5.56 Å². The molecule has 1 atom stereocenters. The Labute approximate surface area is 150 Å². The monoisotopic (exact) mass is 357 g/mol. The highest BCUT2D eigenvalue weighted by atomic mass is 16.5. The average Bonchev–Trinajstić information content (AvgIpc) is 2.61. The van der Waals surface area contributed by atoms with Crippen molar-refractivity contribution in [3.8, 4) is 11.5 Å². The van der Waals surface area contributed by atoms with Crippen LogP contribution < -0.4 is 14.8 Å². The van der Waals surface area contributed by atoms with Crippen molar-refractivity contribution < 1.29 is 29.0 Å². The lowest BCUT2D eigenvalue weighted by atomic mass is 10.1. The maximum atomic E-state index is 12.4. The van der Waals surface area contributed by atoms with Crippen LogP contribution in [0.1, 0.15) is 22.8 Å². The van der Waals surface area contributed by atoms with E-state index in [1.165, 1.54) is 25.1 Å². The maximum Gasteiger partial charge on any atom is 0.326 e. The molecule has 136 valence electrons. The number of methoxy groups -OCH3 is 1. The molecule has 0 saturated heterocycles. The smallest absolute Gasteiger partial charge is 0.326 e. The number of nitrogens with one attached hydrogen (secondary N) is 1. The fourth-order valence-corrected chi connectivity index (χ4v) is 2.31. The van der Waals surface area contributed by atoms with Gasteiger partial charge in [0.1, 0.15) is 17.5 Å². The van der Waals surface area contributed by atoms with Crippen LogP contribution in [0, 0.1) is 0 Å². The van der Waals surface area contributed by atoms with Gasteiger partial charge in [-0.3, -0.25) is 9.59 Å². The highest BCUT2D eigenvalue weighted by Crippen LogP contribution is 2.15. The Kier molecular flexibility index (Phi) is 6.32. The minimum absolute atomic E-state index is 0.120. The van der Waals surface area contributed by atoms with Crippen molar-refractivity contribution in [3.63, 3.8) is 0 Å². The van der Waals surface area contributed by atoms with Gasteiger partial charge in [0.25, 0.3) is 5.91 Å². The van der Waals surface area contributed by atoms with Gasteiger partial charge < -0.3 is 19.9 Å². The minimum Gasteiger partial charge on any atom is -0.497 e. The molecular formula is C19H19NO6. The molecule has 0 bridgehead atoms. The summed E-state index contributed by atoms with van der Waals surface area (Å²) >= 11 is 0. The second kappa shape index (κ2) is 8.66. The molecule has 0 saturated carbocycles. The molecule has 26 heavy (non-hydrogen) atoms. The van der Waals surface area contributed by atoms with Crippen LogP contribution in [-0.2, 0) is 16.0 Å². The highest BCUT2D eigenvalue weighted by molar-refractivity contribution is 5.97. The SMILES string of the molecule is COc1ccc(C[C@@H](NC(=O)c2cccc(OC(C)=O)c2)C(=O)O)cc1. The number of carbonyl (C=O) groups excluding carboxylic acids is 2. The normalized spacial score (nSPS) is 11.3. The van der Waals surface area contributed by atoms with E-state index in [9.17, 15) is 19.5 Å². The van der Waals surface area contributed by atoms with Crippen LogP contribution in [0.25, 0.3) is 0 Å². The van der Waals surface area contributed by atoms with E-state index in [4.69, 9.17) is 9.47 Å². The quantitative estimate of drug-likeness (QED) is 0.581. The van der Waals surface area contributed by atoms with E-state index in [1.54, 1.807) is 37.4 Å². The second-order valence-electron chi connectivity index (χ2n) is 5.54. The second-order valence-corrected chi connectivity index (χ2v) is 5.54. The summed E-state index contributed by atoms with van der Waals surface area (Å²) in [5.74, 6) is -1.35. The average molecular weight is 357 g/mol. The third-order valence-electron chi connectivity index (χ3n) is 3.56. The zero-order valence-corrected chi connectivity index (χ0v) is 14.4. The molecule has 0 spiro atoms. The summed E-state index contributed by atoms with van der Waals surface area (Å²) < 4.78 is 9.99. The van der Waals surface area contributed by atoms with Gasteiger partial charge in [0.05, 0.1) is 7.11 Å². The van der Waals surface area contributed by atoms with Crippen molar-refractivity contribution in [1.29, 1.82) is 0 Å². The molecule has 7 heteroatoms. The zero-order chi connectivity index (χ0) is 19.1. The van der Waals surface area contributed by atoms with Crippen molar-refractivity contribution in [1.82, 2.24) is 5.32 Å². The van der Waals surface area contributed by atoms with Crippen LogP contribution >= 0.6 is 0 Å². The number of rotatable bonds is 7. The molecule has 7 nitrogen and oxygen atoms in total. The Balaban J connectivity index is 2.10. The molecule has 0 fully saturated rings. The van der Waals surface area contributed by atoms with Crippen LogP contribution in [0.2, 0.25) is 0 Å². The molecule has 0 unspecified atom stereocenters. The Bertz CT molecular complexity index is 800. The number of carboxylic acid groups (broad SMARTS) is 1. The van der Waals surface area contributed by atoms with Gasteiger partial charge >= 0.3 is 11.9 Å². The Hall–Kier alpha value is -3.35. The van der Waals surface area contributed by atoms with Gasteiger partial charge in [0.2, 0.25) is 0 Å². The van der Waals surface area contributed by atoms with E-state index < -0.39 is 23.9 Å². The predicted molar refractivity (Wildman–Crippen MR) is 93.3 cm³/mol. The van der Waals surface area contributed by atoms with Gasteiger partial charge in [-0.15, -0.1) is 0 Å². The van der Waals surface area contributed by atoms with E-state index in [-0.39, 0.29) is 17.7 Å². The highest BCUT2D eigenvalue weighted by Gasteiger charge is 2.21. The minimum atomic E-state index is -1.15. The topological polar surface area (TPSA) is 102 Å². The Morgan fingerprint density at radius 2 is 1.77 bits per heavy atom. The number of esters is 1. The lowest BCUT2D eigenvalue weighted by Crippen LogP contribution is -2.42. The number of hydrogen-bond donors (Lipinski definition) is 2. The summed E-state index contributed by atoms with van der Waals surface area (Å²) in [5, 5.41) is 11.9. The number of amides is 1. The van der Waals surface area contributed by atoms with Gasteiger partial charge in [0, 0.05) is 18.9 Å². The van der Waals surface area contributed by atoms with E-state index in [1.807, 2.05) is 0 Å². The number of aliphatic carboxylic acids is 1. The van der Waals surface area contributed by atoms with Crippen LogP contribution in [0.5, 0.6) is 11.5 Å². The molecule has 0 aliphatic carbocycles. The number of carbonyl (C=O) groups is 3. The summed E-state index contributed by atoms with van der Waals surface area (Å²) in [6, 6.07) is 11.8. The molecular weight excluding hydrogens is 338 g/mol. The third kappa shape index (κ3) is 5.34. The Morgan fingerprint density at radius 1 is 1.08 bits per heavy atom. The molecule has 0 radical (unpaired) electrons. The van der Waals surface area contributed by atoms with Gasteiger partial charge in [-0.25, -0.2) is 4.79 Å². The first kappa shape index (κ1) is 19.0. The lowest BCUT2D eigenvalue weighted by molar-refractivity contribution is -0.139. The van der Waals surface area contributed by atoms with Crippen LogP contribution in [0.3, 0.4) is 0 Å². The first-order valence-electron chi connectivity index (χ1n) is 7.84. The fraction of sp³-hybridized carbons (Fsp3) is 0.211. The van der Waals surface area contributed by atoms with Crippen molar-refractivity contribution in [3.05, 3.63) is 59.7 Å². The summed E-state index contributed by atoms with van der Waals surface area (Å²) in [6.45, 7) is 1.25. The van der Waals surface area contributed by atoms with Gasteiger partial charge in [-0.1, -0.05) is 18.2 Å². The van der Waals surface area contributed by atoms with E-state index in [2.05, 4.69) is 5.32 Å². The fourth-order valence-electron chi connectivity index (χ4n) is 2.31. The molecule has 0 aliphatic rings. The maximum absolute atomic E-state index is 12.4. The molecule has 0 heterocycles. The first-order chi connectivity index (χ1) is 12.4. The molecule has 2 rings (SSSR count). The standard InChI is InChI=1S/C19H19NO6/c1-12(21)26-16-5-3-4-14(11-16)18(22)20-17(19(23)24)10-13-6-8-15(25-2)9-7-13/h3-9,11,17H,10H2,1-2H3,(H,20,22)(H,23,24)/t17-/m1/s1. The van der Waals surface area contributed by atoms with E-state index in [0.29, 0.717) is 5.75 Å². The first-order valence-corrected chi connectivity index (χ1v) is 7.84. The molecule has 2 N–H and O–H groups in total. The summed E-state index contributed by atoms with van der Waals surface area (Å²) in [6.07, 6.45) is 0.120. The van der Waals surface area contributed by atoms with Crippen molar-refractivity contribution in [2.75, 3.05) is 7.11 Å².